The van der Waals surface area contributed by atoms with E-state index in [2.05, 4.69) is 15.4 Å². The molecular weight excluding hydrogens is 482 g/mol. The molecule has 0 saturated heterocycles. The minimum Gasteiger partial charge on any atom is -0.465 e. The fraction of sp³-hybridized carbons (Fsp3) is 0.111. The first-order chi connectivity index (χ1) is 17.4. The molecule has 0 radical (unpaired) electrons. The summed E-state index contributed by atoms with van der Waals surface area (Å²) in [4.78, 5) is 50.4. The van der Waals surface area contributed by atoms with Gasteiger partial charge in [0.2, 0.25) is 0 Å². The smallest absolute Gasteiger partial charge is 0.337 e. The van der Waals surface area contributed by atoms with Crippen LogP contribution in [0.3, 0.4) is 0 Å². The normalized spacial score (nSPS) is 13.1. The Bertz CT molecular complexity index is 1340. The highest BCUT2D eigenvalue weighted by Gasteiger charge is 2.37. The molecule has 0 atom stereocenters. The molecule has 1 aliphatic rings. The first-order valence-electron chi connectivity index (χ1n) is 11.0. The Morgan fingerprint density at radius 3 is 2.11 bits per heavy atom. The second-order valence-corrected chi connectivity index (χ2v) is 8.32. The number of carbonyl (C=O) groups is 4. The lowest BCUT2D eigenvalue weighted by Gasteiger charge is -2.15. The van der Waals surface area contributed by atoms with Gasteiger partial charge in [-0.05, 0) is 47.5 Å². The molecule has 182 valence electrons. The topological polar surface area (TPSA) is 105 Å². The Morgan fingerprint density at radius 1 is 0.833 bits per heavy atom. The van der Waals surface area contributed by atoms with Gasteiger partial charge in [0, 0.05) is 17.8 Å². The van der Waals surface area contributed by atoms with Gasteiger partial charge in [0.25, 0.3) is 17.7 Å². The van der Waals surface area contributed by atoms with Crippen LogP contribution in [0.15, 0.2) is 89.6 Å². The van der Waals surface area contributed by atoms with Crippen LogP contribution in [0.5, 0.6) is 0 Å². The maximum atomic E-state index is 12.8. The lowest BCUT2D eigenvalue weighted by molar-refractivity contribution is -0.138. The van der Waals surface area contributed by atoms with Gasteiger partial charge in [-0.25, -0.2) is 4.79 Å². The van der Waals surface area contributed by atoms with Crippen molar-refractivity contribution in [3.8, 4) is 0 Å². The molecule has 0 spiro atoms. The predicted molar refractivity (Wildman–Crippen MR) is 134 cm³/mol. The van der Waals surface area contributed by atoms with Gasteiger partial charge in [-0.1, -0.05) is 54.1 Å². The van der Waals surface area contributed by atoms with Gasteiger partial charge in [0.15, 0.2) is 0 Å². The van der Waals surface area contributed by atoms with Crippen molar-refractivity contribution in [2.75, 3.05) is 12.4 Å². The van der Waals surface area contributed by atoms with Crippen LogP contribution in [0.2, 0.25) is 0 Å². The summed E-state index contributed by atoms with van der Waals surface area (Å²) >= 11 is 6.16. The predicted octanol–water partition coefficient (Wildman–Crippen LogP) is 3.83. The lowest BCUT2D eigenvalue weighted by atomic mass is 10.1. The van der Waals surface area contributed by atoms with Crippen molar-refractivity contribution in [3.63, 3.8) is 0 Å². The van der Waals surface area contributed by atoms with E-state index < -0.39 is 17.8 Å². The molecule has 0 saturated carbocycles. The molecule has 0 bridgehead atoms. The van der Waals surface area contributed by atoms with Gasteiger partial charge >= 0.3 is 5.97 Å². The molecule has 36 heavy (non-hydrogen) atoms. The van der Waals surface area contributed by atoms with Crippen molar-refractivity contribution >= 4 is 41.0 Å². The van der Waals surface area contributed by atoms with Gasteiger partial charge in [0.05, 0.1) is 19.2 Å². The van der Waals surface area contributed by atoms with E-state index in [1.165, 1.54) is 7.11 Å². The van der Waals surface area contributed by atoms with E-state index in [9.17, 15) is 19.2 Å². The minimum absolute atomic E-state index is 0.0508. The number of anilines is 1. The summed E-state index contributed by atoms with van der Waals surface area (Å²) in [5.74, 6) is -1.80. The molecule has 0 fully saturated rings. The van der Waals surface area contributed by atoms with Crippen molar-refractivity contribution in [2.45, 2.75) is 13.1 Å². The molecule has 0 unspecified atom stereocenters. The van der Waals surface area contributed by atoms with E-state index in [-0.39, 0.29) is 29.7 Å². The minimum atomic E-state index is -0.542. The molecule has 3 aromatic rings. The first kappa shape index (κ1) is 24.7. The zero-order valence-corrected chi connectivity index (χ0v) is 20.0. The van der Waals surface area contributed by atoms with Crippen LogP contribution < -0.4 is 10.6 Å². The van der Waals surface area contributed by atoms with E-state index in [0.717, 1.165) is 16.0 Å². The summed E-state index contributed by atoms with van der Waals surface area (Å²) in [5, 5.41) is 5.56. The number of nitrogens with zero attached hydrogens (tertiary/aromatic N) is 1. The van der Waals surface area contributed by atoms with E-state index in [1.807, 2.05) is 30.3 Å². The zero-order valence-electron chi connectivity index (χ0n) is 19.3. The van der Waals surface area contributed by atoms with Gasteiger partial charge < -0.3 is 15.4 Å². The van der Waals surface area contributed by atoms with Crippen molar-refractivity contribution in [3.05, 3.63) is 112 Å². The molecule has 8 nitrogen and oxygen atoms in total. The Balaban J connectivity index is 1.34. The third-order valence-electron chi connectivity index (χ3n) is 5.54. The van der Waals surface area contributed by atoms with Gasteiger partial charge in [-0.3, -0.25) is 19.3 Å². The molecule has 4 rings (SSSR count). The highest BCUT2D eigenvalue weighted by Crippen LogP contribution is 2.24. The fourth-order valence-corrected chi connectivity index (χ4v) is 3.83. The number of halogens is 1. The Hall–Kier alpha value is -4.43. The van der Waals surface area contributed by atoms with Crippen molar-refractivity contribution in [2.24, 2.45) is 0 Å². The summed E-state index contributed by atoms with van der Waals surface area (Å²) in [6.45, 7) is 0.371. The molecule has 3 amide bonds. The van der Waals surface area contributed by atoms with E-state index in [0.29, 0.717) is 16.8 Å². The summed E-state index contributed by atoms with van der Waals surface area (Å²) in [6.07, 6.45) is 0. The summed E-state index contributed by atoms with van der Waals surface area (Å²) in [5.41, 5.74) is 2.99. The molecule has 2 N–H and O–H groups in total. The van der Waals surface area contributed by atoms with Crippen molar-refractivity contribution in [1.29, 1.82) is 0 Å². The van der Waals surface area contributed by atoms with Crippen LogP contribution in [-0.2, 0) is 27.4 Å². The maximum Gasteiger partial charge on any atom is 0.337 e. The lowest BCUT2D eigenvalue weighted by Crippen LogP contribution is -2.33. The second-order valence-electron chi connectivity index (χ2n) is 7.94. The quantitative estimate of drug-likeness (QED) is 0.357. The molecule has 3 aromatic carbocycles. The number of ether oxygens (including phenoxy) is 1. The third-order valence-corrected chi connectivity index (χ3v) is 5.89. The number of esters is 1. The van der Waals surface area contributed by atoms with Crippen LogP contribution in [0, 0.1) is 0 Å². The number of hydrogen-bond acceptors (Lipinski definition) is 6. The number of carbonyl (C=O) groups excluding carboxylic acids is 4. The number of rotatable bonds is 8. The van der Waals surface area contributed by atoms with Crippen LogP contribution in [0.4, 0.5) is 5.69 Å². The molecule has 1 heterocycles. The average molecular weight is 504 g/mol. The van der Waals surface area contributed by atoms with E-state index in [1.54, 1.807) is 48.5 Å². The first-order valence-corrected chi connectivity index (χ1v) is 11.4. The standard InChI is InChI=1S/C27H22ClN3O5/c1-36-27(35)20-11-13-21(14-12-20)30-24(32)19-9-7-17(8-10-19)15-29-23-22(28)25(33)31(26(23)34)16-18-5-3-2-4-6-18/h2-14,29H,15-16H2,1H3,(H,30,32). The number of imide groups is 1. The van der Waals surface area contributed by atoms with Gasteiger partial charge in [-0.2, -0.15) is 0 Å². The Kier molecular flexibility index (Phi) is 7.46. The molecule has 1 aliphatic heterocycles. The van der Waals surface area contributed by atoms with Gasteiger partial charge in [0.1, 0.15) is 10.7 Å². The summed E-state index contributed by atoms with van der Waals surface area (Å²) < 4.78 is 4.66. The van der Waals surface area contributed by atoms with Gasteiger partial charge in [-0.15, -0.1) is 0 Å². The number of benzene rings is 3. The molecule has 9 heteroatoms. The molecular formula is C27H22ClN3O5. The highest BCUT2D eigenvalue weighted by molar-refractivity contribution is 6.47. The highest BCUT2D eigenvalue weighted by atomic mass is 35.5. The van der Waals surface area contributed by atoms with Crippen LogP contribution >= 0.6 is 11.6 Å². The fourth-order valence-electron chi connectivity index (χ4n) is 3.58. The second kappa shape index (κ2) is 10.9. The average Bonchev–Trinajstić information content (AvgIpc) is 3.11. The maximum absolute atomic E-state index is 12.8. The SMILES string of the molecule is COC(=O)c1ccc(NC(=O)c2ccc(CNC3=C(Cl)C(=O)N(Cc4ccccc4)C3=O)cc2)cc1. The number of nitrogens with one attached hydrogen (secondary N) is 2. The Morgan fingerprint density at radius 2 is 1.47 bits per heavy atom. The van der Waals surface area contributed by atoms with Crippen LogP contribution in [0.25, 0.3) is 0 Å². The Labute approximate surface area is 212 Å². The van der Waals surface area contributed by atoms with Crippen molar-refractivity contribution < 1.29 is 23.9 Å². The molecule has 0 aromatic heterocycles. The number of amides is 3. The van der Waals surface area contributed by atoms with E-state index >= 15 is 0 Å². The van der Waals surface area contributed by atoms with Crippen LogP contribution in [-0.4, -0.2) is 35.7 Å². The summed E-state index contributed by atoms with van der Waals surface area (Å²) in [6, 6.07) is 22.3. The number of methoxy groups -OCH3 is 1. The largest absolute Gasteiger partial charge is 0.465 e. The summed E-state index contributed by atoms with van der Waals surface area (Å²) in [7, 11) is 1.30. The van der Waals surface area contributed by atoms with Crippen LogP contribution in [0.1, 0.15) is 31.8 Å². The van der Waals surface area contributed by atoms with Crippen molar-refractivity contribution in [1.82, 2.24) is 10.2 Å². The monoisotopic (exact) mass is 503 g/mol. The zero-order chi connectivity index (χ0) is 25.7. The van der Waals surface area contributed by atoms with E-state index in [4.69, 9.17) is 11.6 Å². The third kappa shape index (κ3) is 5.45. The number of hydrogen-bond donors (Lipinski definition) is 2. The molecule has 0 aliphatic carbocycles.